The van der Waals surface area contributed by atoms with Crippen LogP contribution in [0.5, 0.6) is 0 Å². The van der Waals surface area contributed by atoms with Gasteiger partial charge in [0.05, 0.1) is 0 Å². The number of benzene rings is 2. The van der Waals surface area contributed by atoms with Crippen LogP contribution in [0.15, 0.2) is 48.5 Å². The number of amides is 3. The van der Waals surface area contributed by atoms with Crippen molar-refractivity contribution in [2.45, 2.75) is 45.8 Å². The highest BCUT2D eigenvalue weighted by Crippen LogP contribution is 2.23. The first kappa shape index (κ1) is 18.0. The third-order valence-electron chi connectivity index (χ3n) is 4.86. The zero-order valence-electron chi connectivity index (χ0n) is 15.5. The molecule has 26 heavy (non-hydrogen) atoms. The molecule has 5 nitrogen and oxygen atoms in total. The minimum atomic E-state index is -0.241. The lowest BCUT2D eigenvalue weighted by Crippen LogP contribution is -2.42. The van der Waals surface area contributed by atoms with E-state index in [1.165, 1.54) is 11.1 Å². The van der Waals surface area contributed by atoms with Gasteiger partial charge in [-0.1, -0.05) is 31.2 Å². The topological polar surface area (TPSA) is 61.4 Å². The fourth-order valence-corrected chi connectivity index (χ4v) is 2.85. The highest BCUT2D eigenvalue weighted by Gasteiger charge is 2.23. The SMILES string of the molecule is CCC(C)(C)NC(=O)c1ccc(NC(=O)N2Cc3ccccc3C2)cc1. The minimum Gasteiger partial charge on any atom is -0.347 e. The molecule has 0 bridgehead atoms. The molecule has 0 atom stereocenters. The third kappa shape index (κ3) is 4.04. The van der Waals surface area contributed by atoms with Gasteiger partial charge in [0, 0.05) is 29.9 Å². The van der Waals surface area contributed by atoms with E-state index in [-0.39, 0.29) is 17.5 Å². The summed E-state index contributed by atoms with van der Waals surface area (Å²) in [6, 6.07) is 14.9. The van der Waals surface area contributed by atoms with Gasteiger partial charge in [0.2, 0.25) is 0 Å². The summed E-state index contributed by atoms with van der Waals surface area (Å²) in [7, 11) is 0. The van der Waals surface area contributed by atoms with E-state index in [0.29, 0.717) is 24.3 Å². The van der Waals surface area contributed by atoms with Crippen LogP contribution in [-0.2, 0) is 13.1 Å². The number of carbonyl (C=O) groups excluding carboxylic acids is 2. The molecule has 2 N–H and O–H groups in total. The van der Waals surface area contributed by atoms with Gasteiger partial charge in [-0.15, -0.1) is 0 Å². The Morgan fingerprint density at radius 2 is 1.58 bits per heavy atom. The number of nitrogens with one attached hydrogen (secondary N) is 2. The van der Waals surface area contributed by atoms with Crippen molar-refractivity contribution in [2.75, 3.05) is 5.32 Å². The average molecular weight is 351 g/mol. The number of nitrogens with zero attached hydrogens (tertiary/aromatic N) is 1. The van der Waals surface area contributed by atoms with Crippen LogP contribution in [0.25, 0.3) is 0 Å². The summed E-state index contributed by atoms with van der Waals surface area (Å²) in [5, 5.41) is 5.90. The van der Waals surface area contributed by atoms with Crippen molar-refractivity contribution in [3.05, 3.63) is 65.2 Å². The van der Waals surface area contributed by atoms with E-state index in [0.717, 1.165) is 6.42 Å². The lowest BCUT2D eigenvalue weighted by atomic mass is 10.0. The van der Waals surface area contributed by atoms with E-state index in [9.17, 15) is 9.59 Å². The number of carbonyl (C=O) groups is 2. The fourth-order valence-electron chi connectivity index (χ4n) is 2.85. The lowest BCUT2D eigenvalue weighted by Gasteiger charge is -2.24. The summed E-state index contributed by atoms with van der Waals surface area (Å²) in [6.07, 6.45) is 0.852. The molecule has 3 rings (SSSR count). The van der Waals surface area contributed by atoms with Crippen molar-refractivity contribution in [1.29, 1.82) is 0 Å². The highest BCUT2D eigenvalue weighted by atomic mass is 16.2. The Labute approximate surface area is 154 Å². The molecule has 3 amide bonds. The van der Waals surface area contributed by atoms with Gasteiger partial charge in [0.25, 0.3) is 5.91 Å². The Hall–Kier alpha value is -2.82. The van der Waals surface area contributed by atoms with Gasteiger partial charge in [0.1, 0.15) is 0 Å². The molecule has 1 aliphatic rings. The van der Waals surface area contributed by atoms with E-state index in [1.807, 2.05) is 45.0 Å². The molecule has 0 aliphatic carbocycles. The maximum atomic E-state index is 12.5. The van der Waals surface area contributed by atoms with Crippen molar-refractivity contribution in [3.8, 4) is 0 Å². The molecule has 1 aliphatic heterocycles. The maximum Gasteiger partial charge on any atom is 0.322 e. The Morgan fingerprint density at radius 1 is 1.00 bits per heavy atom. The van der Waals surface area contributed by atoms with Crippen molar-refractivity contribution >= 4 is 17.6 Å². The predicted octanol–water partition coefficient (Wildman–Crippen LogP) is 4.15. The second kappa shape index (κ2) is 7.20. The monoisotopic (exact) mass is 351 g/mol. The first-order chi connectivity index (χ1) is 12.4. The van der Waals surface area contributed by atoms with Crippen LogP contribution in [0, 0.1) is 0 Å². The number of urea groups is 1. The van der Waals surface area contributed by atoms with Gasteiger partial charge in [-0.2, -0.15) is 0 Å². The van der Waals surface area contributed by atoms with Crippen LogP contribution in [0.3, 0.4) is 0 Å². The number of hydrogen-bond donors (Lipinski definition) is 2. The molecule has 136 valence electrons. The van der Waals surface area contributed by atoms with Crippen molar-refractivity contribution in [1.82, 2.24) is 10.2 Å². The lowest BCUT2D eigenvalue weighted by molar-refractivity contribution is 0.0911. The zero-order valence-corrected chi connectivity index (χ0v) is 15.5. The van der Waals surface area contributed by atoms with Gasteiger partial charge in [0.15, 0.2) is 0 Å². The summed E-state index contributed by atoms with van der Waals surface area (Å²) in [6.45, 7) is 7.26. The second-order valence-corrected chi connectivity index (χ2v) is 7.32. The predicted molar refractivity (Wildman–Crippen MR) is 103 cm³/mol. The van der Waals surface area contributed by atoms with Crippen LogP contribution in [0.1, 0.15) is 48.7 Å². The molecule has 0 saturated carbocycles. The standard InChI is InChI=1S/C21H25N3O2/c1-4-21(2,3)23-19(25)15-9-11-18(12-10-15)22-20(26)24-13-16-7-5-6-8-17(16)14-24/h5-12H,4,13-14H2,1-3H3,(H,22,26)(H,23,25). The summed E-state index contributed by atoms with van der Waals surface area (Å²) < 4.78 is 0. The first-order valence-corrected chi connectivity index (χ1v) is 8.93. The molecule has 0 radical (unpaired) electrons. The molecule has 0 spiro atoms. The molecule has 0 saturated heterocycles. The van der Waals surface area contributed by atoms with Gasteiger partial charge in [-0.3, -0.25) is 4.79 Å². The van der Waals surface area contributed by atoms with Crippen LogP contribution in [0.2, 0.25) is 0 Å². The molecule has 1 heterocycles. The molecule has 5 heteroatoms. The van der Waals surface area contributed by atoms with E-state index in [1.54, 1.807) is 29.2 Å². The number of fused-ring (bicyclic) bond motifs is 1. The van der Waals surface area contributed by atoms with Crippen LogP contribution in [0.4, 0.5) is 10.5 Å². The van der Waals surface area contributed by atoms with Gasteiger partial charge >= 0.3 is 6.03 Å². The molecular formula is C21H25N3O2. The smallest absolute Gasteiger partial charge is 0.322 e. The number of hydrogen-bond acceptors (Lipinski definition) is 2. The van der Waals surface area contributed by atoms with Gasteiger partial charge in [-0.05, 0) is 55.7 Å². The zero-order chi connectivity index (χ0) is 18.7. The first-order valence-electron chi connectivity index (χ1n) is 8.93. The average Bonchev–Trinajstić information content (AvgIpc) is 3.06. The van der Waals surface area contributed by atoms with Crippen LogP contribution >= 0.6 is 0 Å². The highest BCUT2D eigenvalue weighted by molar-refractivity contribution is 5.96. The van der Waals surface area contributed by atoms with E-state index < -0.39 is 0 Å². The van der Waals surface area contributed by atoms with E-state index in [4.69, 9.17) is 0 Å². The number of rotatable bonds is 4. The summed E-state index contributed by atoms with van der Waals surface area (Å²) >= 11 is 0. The Kier molecular flexibility index (Phi) is 4.98. The molecule has 2 aromatic rings. The summed E-state index contributed by atoms with van der Waals surface area (Å²) in [4.78, 5) is 26.5. The van der Waals surface area contributed by atoms with Crippen molar-refractivity contribution in [2.24, 2.45) is 0 Å². The van der Waals surface area contributed by atoms with Gasteiger partial charge in [-0.25, -0.2) is 4.79 Å². The second-order valence-electron chi connectivity index (χ2n) is 7.32. The third-order valence-corrected chi connectivity index (χ3v) is 4.86. The van der Waals surface area contributed by atoms with Crippen molar-refractivity contribution in [3.63, 3.8) is 0 Å². The Morgan fingerprint density at radius 3 is 2.12 bits per heavy atom. The fraction of sp³-hybridized carbons (Fsp3) is 0.333. The summed E-state index contributed by atoms with van der Waals surface area (Å²) in [5.74, 6) is -0.107. The number of anilines is 1. The molecular weight excluding hydrogens is 326 g/mol. The Balaban J connectivity index is 1.60. The normalized spacial score (nSPS) is 13.3. The molecule has 0 fully saturated rings. The molecule has 0 aromatic heterocycles. The summed E-state index contributed by atoms with van der Waals surface area (Å²) in [5.41, 5.74) is 3.39. The quantitative estimate of drug-likeness (QED) is 0.869. The van der Waals surface area contributed by atoms with Crippen LogP contribution < -0.4 is 10.6 Å². The van der Waals surface area contributed by atoms with Gasteiger partial charge < -0.3 is 15.5 Å². The maximum absolute atomic E-state index is 12.5. The Bertz CT molecular complexity index is 787. The van der Waals surface area contributed by atoms with Crippen LogP contribution in [-0.4, -0.2) is 22.4 Å². The van der Waals surface area contributed by atoms with E-state index >= 15 is 0 Å². The largest absolute Gasteiger partial charge is 0.347 e. The minimum absolute atomic E-state index is 0.107. The molecule has 2 aromatic carbocycles. The molecule has 0 unspecified atom stereocenters. The van der Waals surface area contributed by atoms with Crippen molar-refractivity contribution < 1.29 is 9.59 Å². The van der Waals surface area contributed by atoms with E-state index in [2.05, 4.69) is 10.6 Å².